The molecular formula is C14H16N2O4. The molecule has 0 aliphatic carbocycles. The van der Waals surface area contributed by atoms with Gasteiger partial charge in [0.05, 0.1) is 6.10 Å². The van der Waals surface area contributed by atoms with Crippen molar-refractivity contribution in [2.75, 3.05) is 7.11 Å². The smallest absolute Gasteiger partial charge is 0.325 e. The lowest BCUT2D eigenvalue weighted by atomic mass is 9.73. The Kier molecular flexibility index (Phi) is 2.81. The zero-order valence-corrected chi connectivity index (χ0v) is 11.3. The first-order valence-electron chi connectivity index (χ1n) is 6.46. The summed E-state index contributed by atoms with van der Waals surface area (Å²) in [6, 6.07) is 8.62. The van der Waals surface area contributed by atoms with Crippen molar-refractivity contribution in [3.63, 3.8) is 0 Å². The van der Waals surface area contributed by atoms with Crippen molar-refractivity contribution in [3.05, 3.63) is 35.9 Å². The Bertz CT molecular complexity index is 562. The van der Waals surface area contributed by atoms with Crippen LogP contribution in [0.3, 0.4) is 0 Å². The van der Waals surface area contributed by atoms with Gasteiger partial charge in [0, 0.05) is 7.11 Å². The van der Waals surface area contributed by atoms with Crippen LogP contribution < -0.4 is 10.6 Å². The zero-order valence-electron chi connectivity index (χ0n) is 11.3. The van der Waals surface area contributed by atoms with E-state index in [1.807, 2.05) is 37.3 Å². The largest absolute Gasteiger partial charge is 0.335 e. The third-order valence-electron chi connectivity index (χ3n) is 3.97. The molecule has 6 heteroatoms. The van der Waals surface area contributed by atoms with Crippen molar-refractivity contribution in [1.29, 1.82) is 0 Å². The summed E-state index contributed by atoms with van der Waals surface area (Å²) in [5.41, 5.74) is -0.334. The van der Waals surface area contributed by atoms with Crippen LogP contribution in [0, 0.1) is 0 Å². The highest BCUT2D eigenvalue weighted by Crippen LogP contribution is 2.49. The first-order valence-corrected chi connectivity index (χ1v) is 6.46. The summed E-state index contributed by atoms with van der Waals surface area (Å²) >= 11 is 0. The Morgan fingerprint density at radius 3 is 2.65 bits per heavy atom. The number of urea groups is 1. The molecule has 3 rings (SSSR count). The predicted octanol–water partition coefficient (Wildman–Crippen LogP) is 0.873. The summed E-state index contributed by atoms with van der Waals surface area (Å²) < 4.78 is 11.2. The molecule has 1 aromatic carbocycles. The number of hydrogen-bond acceptors (Lipinski definition) is 4. The van der Waals surface area contributed by atoms with Crippen LogP contribution >= 0.6 is 0 Å². The van der Waals surface area contributed by atoms with Gasteiger partial charge in [0.2, 0.25) is 5.91 Å². The Morgan fingerprint density at radius 2 is 2.00 bits per heavy atom. The van der Waals surface area contributed by atoms with E-state index in [-0.39, 0.29) is 6.10 Å². The summed E-state index contributed by atoms with van der Waals surface area (Å²) in [6.07, 6.45) is 0.205. The van der Waals surface area contributed by atoms with Crippen LogP contribution in [0.4, 0.5) is 4.79 Å². The van der Waals surface area contributed by atoms with Gasteiger partial charge in [-0.2, -0.15) is 0 Å². The van der Waals surface area contributed by atoms with Gasteiger partial charge in [-0.05, 0) is 18.9 Å². The van der Waals surface area contributed by atoms with Crippen LogP contribution in [0.15, 0.2) is 30.3 Å². The van der Waals surface area contributed by atoms with Crippen molar-refractivity contribution in [1.82, 2.24) is 10.6 Å². The number of imide groups is 1. The van der Waals surface area contributed by atoms with E-state index in [0.29, 0.717) is 6.42 Å². The van der Waals surface area contributed by atoms with Crippen molar-refractivity contribution < 1.29 is 19.1 Å². The van der Waals surface area contributed by atoms with Crippen LogP contribution in [-0.4, -0.2) is 31.1 Å². The third kappa shape index (κ3) is 1.52. The summed E-state index contributed by atoms with van der Waals surface area (Å²) in [7, 11) is 1.43. The minimum absolute atomic E-state index is 0.223. The lowest BCUT2D eigenvalue weighted by Crippen LogP contribution is -2.73. The second-order valence-corrected chi connectivity index (χ2v) is 5.13. The minimum atomic E-state index is -1.47. The molecule has 20 heavy (non-hydrogen) atoms. The highest BCUT2D eigenvalue weighted by molar-refractivity contribution is 6.04. The van der Waals surface area contributed by atoms with Crippen molar-refractivity contribution in [2.45, 2.75) is 30.8 Å². The van der Waals surface area contributed by atoms with E-state index in [2.05, 4.69) is 10.6 Å². The van der Waals surface area contributed by atoms with Gasteiger partial charge in [-0.15, -0.1) is 0 Å². The topological polar surface area (TPSA) is 76.7 Å². The SMILES string of the molecule is CO[C@]12NC(=O)NC(=O)[C@]1(c1ccccc1)C[C@@H](C)O2. The quantitative estimate of drug-likeness (QED) is 0.840. The molecule has 0 saturated carbocycles. The maximum absolute atomic E-state index is 12.6. The van der Waals surface area contributed by atoms with Crippen LogP contribution in [0.1, 0.15) is 18.9 Å². The second kappa shape index (κ2) is 4.29. The molecule has 2 N–H and O–H groups in total. The van der Waals surface area contributed by atoms with Gasteiger partial charge in [-0.1, -0.05) is 30.3 Å². The highest BCUT2D eigenvalue weighted by Gasteiger charge is 2.68. The summed E-state index contributed by atoms with van der Waals surface area (Å²) in [4.78, 5) is 24.2. The maximum atomic E-state index is 12.6. The Labute approximate surface area is 116 Å². The molecule has 0 radical (unpaired) electrons. The number of carbonyl (C=O) groups excluding carboxylic acids is 2. The number of fused-ring (bicyclic) bond motifs is 1. The molecular weight excluding hydrogens is 260 g/mol. The van der Waals surface area contributed by atoms with Crippen molar-refractivity contribution >= 4 is 11.9 Å². The average molecular weight is 276 g/mol. The molecule has 2 aliphatic heterocycles. The molecule has 2 fully saturated rings. The summed E-state index contributed by atoms with van der Waals surface area (Å²) in [5, 5.41) is 4.95. The number of hydrogen-bond donors (Lipinski definition) is 2. The van der Waals surface area contributed by atoms with Crippen molar-refractivity contribution in [2.24, 2.45) is 0 Å². The van der Waals surface area contributed by atoms with E-state index in [1.165, 1.54) is 7.11 Å². The molecule has 0 bridgehead atoms. The number of ether oxygens (including phenoxy) is 2. The molecule has 0 spiro atoms. The first-order chi connectivity index (χ1) is 9.54. The molecule has 6 nitrogen and oxygen atoms in total. The molecule has 1 aromatic rings. The third-order valence-corrected chi connectivity index (χ3v) is 3.97. The average Bonchev–Trinajstić information content (AvgIpc) is 2.74. The van der Waals surface area contributed by atoms with E-state index in [0.717, 1.165) is 5.56 Å². The van der Waals surface area contributed by atoms with E-state index in [4.69, 9.17) is 9.47 Å². The molecule has 0 aromatic heterocycles. The number of nitrogens with one attached hydrogen (secondary N) is 2. The van der Waals surface area contributed by atoms with Crippen LogP contribution in [-0.2, 0) is 19.7 Å². The van der Waals surface area contributed by atoms with Crippen LogP contribution in [0.2, 0.25) is 0 Å². The number of amides is 3. The van der Waals surface area contributed by atoms with E-state index in [1.54, 1.807) is 0 Å². The Morgan fingerprint density at radius 1 is 1.30 bits per heavy atom. The molecule has 3 amide bonds. The molecule has 2 saturated heterocycles. The molecule has 2 heterocycles. The van der Waals surface area contributed by atoms with Gasteiger partial charge in [0.25, 0.3) is 5.91 Å². The van der Waals surface area contributed by atoms with E-state index < -0.39 is 23.3 Å². The Hall–Kier alpha value is -1.92. The fourth-order valence-corrected chi connectivity index (χ4v) is 3.19. The second-order valence-electron chi connectivity index (χ2n) is 5.13. The standard InChI is InChI=1S/C14H16N2O4/c1-9-8-13(10-6-4-3-5-7-10)11(17)15-12(18)16-14(13,19-2)20-9/h3-7,9H,8H2,1-2H3,(H2,15,16,17,18)/t9-,13-,14-/m1/s1. The van der Waals surface area contributed by atoms with Gasteiger partial charge in [-0.25, -0.2) is 4.79 Å². The lowest BCUT2D eigenvalue weighted by molar-refractivity contribution is -0.249. The van der Waals surface area contributed by atoms with Crippen LogP contribution in [0.5, 0.6) is 0 Å². The minimum Gasteiger partial charge on any atom is -0.335 e. The highest BCUT2D eigenvalue weighted by atomic mass is 16.7. The van der Waals surface area contributed by atoms with Gasteiger partial charge in [-0.3, -0.25) is 15.4 Å². The van der Waals surface area contributed by atoms with Gasteiger partial charge in [0.1, 0.15) is 0 Å². The number of rotatable bonds is 2. The monoisotopic (exact) mass is 276 g/mol. The zero-order chi connectivity index (χ0) is 14.4. The molecule has 3 atom stereocenters. The fraction of sp³-hybridized carbons (Fsp3) is 0.429. The van der Waals surface area contributed by atoms with E-state index >= 15 is 0 Å². The van der Waals surface area contributed by atoms with Crippen molar-refractivity contribution in [3.8, 4) is 0 Å². The molecule has 0 unspecified atom stereocenters. The molecule has 2 aliphatic rings. The summed E-state index contributed by atoms with van der Waals surface area (Å²) in [5.74, 6) is -1.87. The maximum Gasteiger partial charge on any atom is 0.325 e. The normalized spacial score (nSPS) is 36.2. The number of carbonyl (C=O) groups is 2. The number of benzene rings is 1. The van der Waals surface area contributed by atoms with E-state index in [9.17, 15) is 9.59 Å². The lowest BCUT2D eigenvalue weighted by Gasteiger charge is -2.45. The first kappa shape index (κ1) is 13.1. The molecule has 106 valence electrons. The fourth-order valence-electron chi connectivity index (χ4n) is 3.19. The Balaban J connectivity index is 2.21. The number of methoxy groups -OCH3 is 1. The van der Waals surface area contributed by atoms with Gasteiger partial charge < -0.3 is 9.47 Å². The van der Waals surface area contributed by atoms with Gasteiger partial charge >= 0.3 is 6.03 Å². The predicted molar refractivity (Wildman–Crippen MR) is 69.7 cm³/mol. The van der Waals surface area contributed by atoms with Crippen LogP contribution in [0.25, 0.3) is 0 Å². The van der Waals surface area contributed by atoms with Gasteiger partial charge in [0.15, 0.2) is 5.41 Å². The summed E-state index contributed by atoms with van der Waals surface area (Å²) in [6.45, 7) is 1.85.